The summed E-state index contributed by atoms with van der Waals surface area (Å²) < 4.78 is 0. The van der Waals surface area contributed by atoms with Crippen LogP contribution in [0.3, 0.4) is 0 Å². The van der Waals surface area contributed by atoms with Crippen LogP contribution in [0.25, 0.3) is 0 Å². The first-order valence-electron chi connectivity index (χ1n) is 9.23. The minimum absolute atomic E-state index is 0.0135. The van der Waals surface area contributed by atoms with E-state index in [4.69, 9.17) is 0 Å². The van der Waals surface area contributed by atoms with Crippen LogP contribution in [0.4, 0.5) is 5.13 Å². The van der Waals surface area contributed by atoms with E-state index in [-0.39, 0.29) is 17.7 Å². The predicted octanol–water partition coefficient (Wildman–Crippen LogP) is 2.25. The van der Waals surface area contributed by atoms with E-state index in [1.54, 1.807) is 11.3 Å². The minimum Gasteiger partial charge on any atom is -0.354 e. The average Bonchev–Trinajstić information content (AvgIpc) is 3.31. The molecule has 2 fully saturated rings. The van der Waals surface area contributed by atoms with E-state index >= 15 is 0 Å². The van der Waals surface area contributed by atoms with Gasteiger partial charge in [0.05, 0.1) is 12.2 Å². The number of carbonyl (C=O) groups excluding carboxylic acids is 2. The maximum absolute atomic E-state index is 12.5. The number of nitrogens with zero attached hydrogens (tertiary/aromatic N) is 3. The predicted molar refractivity (Wildman–Crippen MR) is 99.5 cm³/mol. The fraction of sp³-hybridized carbons (Fsp3) is 0.722. The Morgan fingerprint density at radius 1 is 1.20 bits per heavy atom. The first kappa shape index (κ1) is 18.2. The highest BCUT2D eigenvalue weighted by Gasteiger charge is 2.31. The molecule has 0 atom stereocenters. The fourth-order valence-corrected chi connectivity index (χ4v) is 4.46. The van der Waals surface area contributed by atoms with Crippen molar-refractivity contribution in [2.24, 2.45) is 11.8 Å². The molecule has 25 heavy (non-hydrogen) atoms. The molecule has 0 bridgehead atoms. The number of aromatic nitrogens is 1. The zero-order valence-corrected chi connectivity index (χ0v) is 16.0. The summed E-state index contributed by atoms with van der Waals surface area (Å²) in [6, 6.07) is 0. The van der Waals surface area contributed by atoms with Crippen molar-refractivity contribution < 1.29 is 9.59 Å². The molecular formula is C18H28N4O2S. The summed E-state index contributed by atoms with van der Waals surface area (Å²) in [5.74, 6) is 0.655. The van der Waals surface area contributed by atoms with E-state index in [0.29, 0.717) is 12.5 Å². The monoisotopic (exact) mass is 364 g/mol. The lowest BCUT2D eigenvalue weighted by atomic mass is 9.94. The van der Waals surface area contributed by atoms with Crippen LogP contribution in [0, 0.1) is 11.8 Å². The van der Waals surface area contributed by atoms with Gasteiger partial charge in [-0.1, -0.05) is 12.8 Å². The van der Waals surface area contributed by atoms with Crippen molar-refractivity contribution in [2.75, 3.05) is 32.1 Å². The summed E-state index contributed by atoms with van der Waals surface area (Å²) in [6.45, 7) is 1.91. The Labute approximate surface area is 153 Å². The molecule has 1 aliphatic carbocycles. The molecule has 0 unspecified atom stereocenters. The van der Waals surface area contributed by atoms with Gasteiger partial charge in [-0.15, -0.1) is 11.3 Å². The number of nitrogens with one attached hydrogen (secondary N) is 1. The highest BCUT2D eigenvalue weighted by molar-refractivity contribution is 7.13. The first-order valence-corrected chi connectivity index (χ1v) is 10.1. The van der Waals surface area contributed by atoms with E-state index in [2.05, 4.69) is 10.3 Å². The van der Waals surface area contributed by atoms with E-state index < -0.39 is 0 Å². The largest absolute Gasteiger partial charge is 0.354 e. The van der Waals surface area contributed by atoms with E-state index in [1.165, 1.54) is 12.8 Å². The topological polar surface area (TPSA) is 65.5 Å². The van der Waals surface area contributed by atoms with Gasteiger partial charge < -0.3 is 15.1 Å². The number of piperidine rings is 1. The fourth-order valence-electron chi connectivity index (χ4n) is 3.70. The number of carbonyl (C=O) groups is 2. The number of likely N-dealkylation sites (tertiary alicyclic amines) is 1. The molecule has 0 aromatic carbocycles. The van der Waals surface area contributed by atoms with Crippen molar-refractivity contribution in [2.45, 2.75) is 45.1 Å². The van der Waals surface area contributed by atoms with E-state index in [0.717, 1.165) is 49.6 Å². The average molecular weight is 365 g/mol. The zero-order chi connectivity index (χ0) is 17.8. The van der Waals surface area contributed by atoms with Gasteiger partial charge in [-0.25, -0.2) is 4.98 Å². The van der Waals surface area contributed by atoms with Crippen molar-refractivity contribution in [3.8, 4) is 0 Å². The third-order valence-corrected chi connectivity index (χ3v) is 6.30. The van der Waals surface area contributed by atoms with Crippen molar-refractivity contribution in [3.63, 3.8) is 0 Å². The van der Waals surface area contributed by atoms with Gasteiger partial charge in [-0.05, 0) is 25.7 Å². The molecule has 0 spiro atoms. The Hall–Kier alpha value is -1.63. The molecule has 138 valence electrons. The zero-order valence-electron chi connectivity index (χ0n) is 15.2. The summed E-state index contributed by atoms with van der Waals surface area (Å²) in [7, 11) is 3.92. The molecule has 6 nitrogen and oxygen atoms in total. The molecule has 0 radical (unpaired) electrons. The lowest BCUT2D eigenvalue weighted by Crippen LogP contribution is -2.44. The van der Waals surface area contributed by atoms with Crippen LogP contribution in [0.2, 0.25) is 0 Å². The molecule has 1 aromatic rings. The van der Waals surface area contributed by atoms with Gasteiger partial charge in [-0.3, -0.25) is 9.59 Å². The number of thiazole rings is 1. The van der Waals surface area contributed by atoms with Gasteiger partial charge >= 0.3 is 0 Å². The Balaban J connectivity index is 1.42. The van der Waals surface area contributed by atoms with Crippen LogP contribution in [0.15, 0.2) is 5.38 Å². The Morgan fingerprint density at radius 3 is 2.48 bits per heavy atom. The van der Waals surface area contributed by atoms with Crippen molar-refractivity contribution in [3.05, 3.63) is 11.1 Å². The third-order valence-electron chi connectivity index (χ3n) is 5.25. The van der Waals surface area contributed by atoms with E-state index in [1.807, 2.05) is 29.3 Å². The van der Waals surface area contributed by atoms with E-state index in [9.17, 15) is 9.59 Å². The quantitative estimate of drug-likeness (QED) is 0.870. The molecular weight excluding hydrogens is 336 g/mol. The first-order chi connectivity index (χ1) is 12.0. The minimum atomic E-state index is 0.0135. The molecule has 1 saturated carbocycles. The Kier molecular flexibility index (Phi) is 5.93. The molecule has 1 saturated heterocycles. The molecule has 7 heteroatoms. The second-order valence-corrected chi connectivity index (χ2v) is 8.15. The number of rotatable bonds is 5. The highest BCUT2D eigenvalue weighted by Crippen LogP contribution is 2.28. The Morgan fingerprint density at radius 2 is 1.88 bits per heavy atom. The van der Waals surface area contributed by atoms with Gasteiger partial charge in [0, 0.05) is 44.4 Å². The lowest BCUT2D eigenvalue weighted by molar-refractivity contribution is -0.139. The van der Waals surface area contributed by atoms with Gasteiger partial charge in [0.1, 0.15) is 0 Å². The maximum atomic E-state index is 12.5. The second kappa shape index (κ2) is 8.17. The smallest absolute Gasteiger partial charge is 0.225 e. The summed E-state index contributed by atoms with van der Waals surface area (Å²) in [5.41, 5.74) is 0.899. The third kappa shape index (κ3) is 4.51. The molecule has 3 rings (SSSR count). The SMILES string of the molecule is CN(C)c1nc(CNC(=O)C2CCN(C(=O)C3CCCC3)CC2)cs1. The Bertz CT molecular complexity index is 602. The number of amides is 2. The highest BCUT2D eigenvalue weighted by atomic mass is 32.1. The van der Waals surface area contributed by atoms with Crippen LogP contribution in [0.1, 0.15) is 44.2 Å². The van der Waals surface area contributed by atoms with Gasteiger partial charge in [0.15, 0.2) is 5.13 Å². The van der Waals surface area contributed by atoms with Crippen molar-refractivity contribution in [1.82, 2.24) is 15.2 Å². The van der Waals surface area contributed by atoms with Crippen LogP contribution >= 0.6 is 11.3 Å². The number of hydrogen-bond donors (Lipinski definition) is 1. The number of anilines is 1. The lowest BCUT2D eigenvalue weighted by Gasteiger charge is -2.33. The standard InChI is InChI=1S/C18H28N4O2S/c1-21(2)18-20-15(12-25-18)11-19-16(23)13-7-9-22(10-8-13)17(24)14-5-3-4-6-14/h12-14H,3-11H2,1-2H3,(H,19,23). The molecule has 1 aliphatic heterocycles. The molecule has 1 aromatic heterocycles. The summed E-state index contributed by atoms with van der Waals surface area (Å²) in [6.07, 6.45) is 5.99. The maximum Gasteiger partial charge on any atom is 0.225 e. The molecule has 2 amide bonds. The van der Waals surface area contributed by atoms with Crippen LogP contribution < -0.4 is 10.2 Å². The van der Waals surface area contributed by atoms with Gasteiger partial charge in [0.25, 0.3) is 0 Å². The van der Waals surface area contributed by atoms with Crippen LogP contribution in [0.5, 0.6) is 0 Å². The normalized spacial score (nSPS) is 19.2. The summed E-state index contributed by atoms with van der Waals surface area (Å²) >= 11 is 1.58. The molecule has 2 aliphatic rings. The second-order valence-electron chi connectivity index (χ2n) is 7.31. The van der Waals surface area contributed by atoms with Crippen molar-refractivity contribution in [1.29, 1.82) is 0 Å². The number of hydrogen-bond acceptors (Lipinski definition) is 5. The van der Waals surface area contributed by atoms with Gasteiger partial charge in [-0.2, -0.15) is 0 Å². The summed E-state index contributed by atoms with van der Waals surface area (Å²) in [4.78, 5) is 33.3. The molecule has 1 N–H and O–H groups in total. The summed E-state index contributed by atoms with van der Waals surface area (Å²) in [5, 5.41) is 5.94. The van der Waals surface area contributed by atoms with Crippen molar-refractivity contribution >= 4 is 28.3 Å². The van der Waals surface area contributed by atoms with Crippen LogP contribution in [-0.2, 0) is 16.1 Å². The van der Waals surface area contributed by atoms with Crippen LogP contribution in [-0.4, -0.2) is 48.9 Å². The molecule has 2 heterocycles. The van der Waals surface area contributed by atoms with Gasteiger partial charge in [0.2, 0.25) is 11.8 Å².